The monoisotopic (exact) mass is 278 g/mol. The molecule has 1 N–H and O–H groups in total. The highest BCUT2D eigenvalue weighted by atomic mass is 16.4. The molecule has 0 aromatic heterocycles. The molecule has 1 atom stereocenters. The molecule has 1 aromatic carbocycles. The van der Waals surface area contributed by atoms with Crippen molar-refractivity contribution in [3.05, 3.63) is 29.8 Å². The van der Waals surface area contributed by atoms with Gasteiger partial charge in [-0.05, 0) is 32.4 Å². The third-order valence-electron chi connectivity index (χ3n) is 3.35. The number of benzene rings is 1. The van der Waals surface area contributed by atoms with Crippen LogP contribution in [0, 0.1) is 6.92 Å². The number of hydrogen-bond donors (Lipinski definition) is 1. The van der Waals surface area contributed by atoms with Gasteiger partial charge in [0.25, 0.3) is 0 Å². The molecule has 1 rings (SSSR count). The normalized spacial score (nSPS) is 11.8. The van der Waals surface area contributed by atoms with Gasteiger partial charge in [0.1, 0.15) is 0 Å². The van der Waals surface area contributed by atoms with Crippen molar-refractivity contribution in [2.24, 2.45) is 0 Å². The van der Waals surface area contributed by atoms with Crippen LogP contribution in [-0.2, 0) is 4.79 Å². The average Bonchev–Trinajstić information content (AvgIpc) is 2.38. The predicted molar refractivity (Wildman–Crippen MR) is 79.1 cm³/mol. The number of carbonyl (C=O) groups is 2. The van der Waals surface area contributed by atoms with E-state index in [9.17, 15) is 9.59 Å². The summed E-state index contributed by atoms with van der Waals surface area (Å²) in [6, 6.07) is 7.09. The summed E-state index contributed by atoms with van der Waals surface area (Å²) in [6.07, 6.45) is -0.0544. The highest BCUT2D eigenvalue weighted by Gasteiger charge is 2.24. The van der Waals surface area contributed by atoms with Crippen LogP contribution in [0.4, 0.5) is 10.5 Å². The first-order valence-electron chi connectivity index (χ1n) is 6.70. The number of rotatable bonds is 5. The summed E-state index contributed by atoms with van der Waals surface area (Å²) in [5, 5.41) is 8.86. The Bertz CT molecular complexity index is 488. The molecular formula is C15H22N2O3. The fraction of sp³-hybridized carbons (Fsp3) is 0.467. The number of para-hydroxylation sites is 1. The number of carbonyl (C=O) groups excluding carboxylic acids is 1. The molecule has 1 aromatic rings. The van der Waals surface area contributed by atoms with Gasteiger partial charge in [-0.3, -0.25) is 9.69 Å². The van der Waals surface area contributed by atoms with E-state index in [2.05, 4.69) is 0 Å². The first kappa shape index (κ1) is 16.0. The molecule has 110 valence electrons. The van der Waals surface area contributed by atoms with Crippen LogP contribution in [0.1, 0.15) is 25.8 Å². The van der Waals surface area contributed by atoms with E-state index in [1.807, 2.05) is 38.1 Å². The smallest absolute Gasteiger partial charge is 0.324 e. The molecule has 5 heteroatoms. The minimum atomic E-state index is -0.901. The molecule has 0 heterocycles. The number of nitrogens with zero attached hydrogens (tertiary/aromatic N) is 2. The SMILES string of the molecule is CCN(C(=O)N(C)c1ccccc1C)C(C)CC(=O)O. The Morgan fingerprint density at radius 1 is 1.30 bits per heavy atom. The number of aliphatic carboxylic acids is 1. The lowest BCUT2D eigenvalue weighted by molar-refractivity contribution is -0.138. The second-order valence-corrected chi connectivity index (χ2v) is 4.86. The van der Waals surface area contributed by atoms with Gasteiger partial charge in [-0.25, -0.2) is 4.79 Å². The average molecular weight is 278 g/mol. The van der Waals surface area contributed by atoms with E-state index in [-0.39, 0.29) is 18.5 Å². The molecule has 0 saturated carbocycles. The van der Waals surface area contributed by atoms with Gasteiger partial charge in [-0.1, -0.05) is 18.2 Å². The zero-order valence-corrected chi connectivity index (χ0v) is 12.5. The molecule has 20 heavy (non-hydrogen) atoms. The van der Waals surface area contributed by atoms with Crippen LogP contribution in [0.15, 0.2) is 24.3 Å². The van der Waals surface area contributed by atoms with Crippen LogP contribution in [0.3, 0.4) is 0 Å². The number of carboxylic acid groups (broad SMARTS) is 1. The lowest BCUT2D eigenvalue weighted by Crippen LogP contribution is -2.46. The van der Waals surface area contributed by atoms with Crippen molar-refractivity contribution in [2.75, 3.05) is 18.5 Å². The quantitative estimate of drug-likeness (QED) is 0.901. The summed E-state index contributed by atoms with van der Waals surface area (Å²) >= 11 is 0. The van der Waals surface area contributed by atoms with Crippen molar-refractivity contribution in [1.29, 1.82) is 0 Å². The number of aryl methyl sites for hydroxylation is 1. The molecular weight excluding hydrogens is 256 g/mol. The summed E-state index contributed by atoms with van der Waals surface area (Å²) < 4.78 is 0. The Balaban J connectivity index is 2.91. The minimum absolute atomic E-state index is 0.0544. The Morgan fingerprint density at radius 3 is 2.40 bits per heavy atom. The summed E-state index contributed by atoms with van der Waals surface area (Å²) in [4.78, 5) is 26.4. The van der Waals surface area contributed by atoms with E-state index in [4.69, 9.17) is 5.11 Å². The van der Waals surface area contributed by atoms with E-state index in [1.165, 1.54) is 0 Å². The fourth-order valence-electron chi connectivity index (χ4n) is 2.23. The summed E-state index contributed by atoms with van der Waals surface area (Å²) in [5.41, 5.74) is 1.84. The maximum Gasteiger partial charge on any atom is 0.324 e. The maximum absolute atomic E-state index is 12.5. The number of carboxylic acids is 1. The van der Waals surface area contributed by atoms with Crippen molar-refractivity contribution < 1.29 is 14.7 Å². The number of amides is 2. The summed E-state index contributed by atoms with van der Waals surface area (Å²) in [7, 11) is 1.71. The second kappa shape index (κ2) is 6.93. The number of anilines is 1. The highest BCUT2D eigenvalue weighted by Crippen LogP contribution is 2.20. The van der Waals surface area contributed by atoms with Crippen LogP contribution in [0.2, 0.25) is 0 Å². The van der Waals surface area contributed by atoms with Gasteiger partial charge in [0, 0.05) is 25.3 Å². The predicted octanol–water partition coefficient (Wildman–Crippen LogP) is 2.74. The standard InChI is InChI=1S/C15H22N2O3/c1-5-17(12(3)10-14(18)19)15(20)16(4)13-9-7-6-8-11(13)2/h6-9,12H,5,10H2,1-4H3,(H,18,19). The van der Waals surface area contributed by atoms with Crippen LogP contribution in [-0.4, -0.2) is 41.6 Å². The summed E-state index contributed by atoms with van der Waals surface area (Å²) in [6.45, 7) is 6.02. The molecule has 0 bridgehead atoms. The Labute approximate surface area is 119 Å². The minimum Gasteiger partial charge on any atom is -0.481 e. The molecule has 0 saturated heterocycles. The topological polar surface area (TPSA) is 60.9 Å². The first-order chi connectivity index (χ1) is 9.38. The van der Waals surface area contributed by atoms with E-state index in [1.54, 1.807) is 23.8 Å². The second-order valence-electron chi connectivity index (χ2n) is 4.86. The van der Waals surface area contributed by atoms with Crippen molar-refractivity contribution in [3.8, 4) is 0 Å². The van der Waals surface area contributed by atoms with E-state index >= 15 is 0 Å². The van der Waals surface area contributed by atoms with E-state index < -0.39 is 5.97 Å². The van der Waals surface area contributed by atoms with Gasteiger partial charge in [-0.15, -0.1) is 0 Å². The number of urea groups is 1. The van der Waals surface area contributed by atoms with Crippen LogP contribution >= 0.6 is 0 Å². The molecule has 0 radical (unpaired) electrons. The molecule has 5 nitrogen and oxygen atoms in total. The lowest BCUT2D eigenvalue weighted by Gasteiger charge is -2.32. The molecule has 0 aliphatic rings. The first-order valence-corrected chi connectivity index (χ1v) is 6.70. The Hall–Kier alpha value is -2.04. The largest absolute Gasteiger partial charge is 0.481 e. The van der Waals surface area contributed by atoms with Crippen molar-refractivity contribution in [1.82, 2.24) is 4.90 Å². The van der Waals surface area contributed by atoms with Gasteiger partial charge in [0.2, 0.25) is 0 Å². The van der Waals surface area contributed by atoms with Gasteiger partial charge in [0.15, 0.2) is 0 Å². The lowest BCUT2D eigenvalue weighted by atomic mass is 10.2. The van der Waals surface area contributed by atoms with Crippen molar-refractivity contribution in [3.63, 3.8) is 0 Å². The van der Waals surface area contributed by atoms with Crippen LogP contribution in [0.25, 0.3) is 0 Å². The van der Waals surface area contributed by atoms with E-state index in [0.717, 1.165) is 11.3 Å². The van der Waals surface area contributed by atoms with Gasteiger partial charge in [0.05, 0.1) is 6.42 Å². The number of hydrogen-bond acceptors (Lipinski definition) is 2. The van der Waals surface area contributed by atoms with Crippen LogP contribution in [0.5, 0.6) is 0 Å². The van der Waals surface area contributed by atoms with Crippen LogP contribution < -0.4 is 4.90 Å². The molecule has 1 unspecified atom stereocenters. The fourth-order valence-corrected chi connectivity index (χ4v) is 2.23. The molecule has 0 aliphatic heterocycles. The van der Waals surface area contributed by atoms with Gasteiger partial charge in [-0.2, -0.15) is 0 Å². The summed E-state index contributed by atoms with van der Waals surface area (Å²) in [5.74, 6) is -0.901. The maximum atomic E-state index is 12.5. The third kappa shape index (κ3) is 3.73. The Kier molecular flexibility index (Phi) is 5.55. The zero-order valence-electron chi connectivity index (χ0n) is 12.5. The third-order valence-corrected chi connectivity index (χ3v) is 3.35. The van der Waals surface area contributed by atoms with Gasteiger partial charge >= 0.3 is 12.0 Å². The van der Waals surface area contributed by atoms with E-state index in [0.29, 0.717) is 6.54 Å². The van der Waals surface area contributed by atoms with Crippen molar-refractivity contribution in [2.45, 2.75) is 33.2 Å². The highest BCUT2D eigenvalue weighted by molar-refractivity contribution is 5.92. The molecule has 2 amide bonds. The zero-order chi connectivity index (χ0) is 15.3. The molecule has 0 spiro atoms. The molecule has 0 aliphatic carbocycles. The molecule has 0 fully saturated rings. The Morgan fingerprint density at radius 2 is 1.90 bits per heavy atom. The van der Waals surface area contributed by atoms with Gasteiger partial charge < -0.3 is 10.0 Å². The van der Waals surface area contributed by atoms with Crippen molar-refractivity contribution >= 4 is 17.7 Å².